The smallest absolute Gasteiger partial charge is 0.311 e. The van der Waals surface area contributed by atoms with Gasteiger partial charge in [0.1, 0.15) is 6.04 Å². The number of hydrogen-bond acceptors (Lipinski definition) is 3. The van der Waals surface area contributed by atoms with Crippen molar-refractivity contribution in [1.29, 1.82) is 0 Å². The maximum Gasteiger partial charge on any atom is 0.311 e. The molecule has 0 rings (SSSR count). The molecule has 0 radical (unpaired) electrons. The summed E-state index contributed by atoms with van der Waals surface area (Å²) in [5.74, 6) is -1.65. The van der Waals surface area contributed by atoms with Crippen molar-refractivity contribution in [3.8, 4) is 0 Å². The molecule has 0 aromatic heterocycles. The Morgan fingerprint density at radius 2 is 1.38 bits per heavy atom. The van der Waals surface area contributed by atoms with Crippen LogP contribution in [0.4, 0.5) is 0 Å². The van der Waals surface area contributed by atoms with E-state index in [0.717, 1.165) is 0 Å². The molecular weight excluding hydrogens is 272 g/mol. The number of amides is 2. The molecule has 6 nitrogen and oxygen atoms in total. The zero-order valence-electron chi connectivity index (χ0n) is 14.2. The average molecular weight is 300 g/mol. The van der Waals surface area contributed by atoms with E-state index in [4.69, 9.17) is 0 Å². The zero-order valence-corrected chi connectivity index (χ0v) is 14.2. The molecule has 2 amide bonds. The lowest BCUT2D eigenvalue weighted by molar-refractivity contribution is -0.152. The lowest BCUT2D eigenvalue weighted by Crippen LogP contribution is -2.60. The third-order valence-electron chi connectivity index (χ3n) is 3.95. The van der Waals surface area contributed by atoms with E-state index in [1.54, 1.807) is 55.4 Å². The first kappa shape index (κ1) is 19.4. The Morgan fingerprint density at radius 3 is 1.71 bits per heavy atom. The minimum absolute atomic E-state index is 0.236. The Morgan fingerprint density at radius 1 is 0.952 bits per heavy atom. The number of rotatable bonds is 5. The van der Waals surface area contributed by atoms with E-state index in [9.17, 15) is 19.5 Å². The highest BCUT2D eigenvalue weighted by Gasteiger charge is 2.45. The van der Waals surface area contributed by atoms with Crippen LogP contribution in [0.2, 0.25) is 0 Å². The van der Waals surface area contributed by atoms with Gasteiger partial charge in [0.15, 0.2) is 0 Å². The van der Waals surface area contributed by atoms with Crippen LogP contribution in [-0.2, 0) is 14.4 Å². The number of carboxylic acid groups (broad SMARTS) is 1. The van der Waals surface area contributed by atoms with Crippen LogP contribution in [0.1, 0.15) is 55.4 Å². The Kier molecular flexibility index (Phi) is 5.58. The Bertz CT molecular complexity index is 433. The zero-order chi connectivity index (χ0) is 17.2. The molecule has 0 aromatic carbocycles. The second-order valence-corrected chi connectivity index (χ2v) is 7.49. The lowest BCUT2D eigenvalue weighted by atomic mass is 9.74. The van der Waals surface area contributed by atoms with Gasteiger partial charge in [0.2, 0.25) is 11.8 Å². The molecule has 0 fully saturated rings. The molecule has 0 aliphatic carbocycles. The maximum absolute atomic E-state index is 12.2. The standard InChI is InChI=1S/C15H28N2O4/c1-9(16-11(19)13(2,3)4)10(18)17-15(7,8)14(5,6)12(20)21/h9H,1-8H3,(H,16,19)(H,17,18)(H,20,21). The van der Waals surface area contributed by atoms with Crippen LogP contribution in [0, 0.1) is 10.8 Å². The van der Waals surface area contributed by atoms with Crippen LogP contribution < -0.4 is 10.6 Å². The van der Waals surface area contributed by atoms with Crippen LogP contribution in [0.3, 0.4) is 0 Å². The molecule has 0 spiro atoms. The van der Waals surface area contributed by atoms with Gasteiger partial charge in [0.05, 0.1) is 11.0 Å². The second kappa shape index (κ2) is 6.03. The Hall–Kier alpha value is -1.59. The summed E-state index contributed by atoms with van der Waals surface area (Å²) in [6.45, 7) is 13.2. The molecule has 122 valence electrons. The third-order valence-corrected chi connectivity index (χ3v) is 3.95. The van der Waals surface area contributed by atoms with Gasteiger partial charge in [-0.25, -0.2) is 0 Å². The molecule has 0 saturated carbocycles. The first-order valence-electron chi connectivity index (χ1n) is 6.99. The summed E-state index contributed by atoms with van der Waals surface area (Å²) in [5.41, 5.74) is -2.70. The van der Waals surface area contributed by atoms with Gasteiger partial charge in [-0.3, -0.25) is 14.4 Å². The SMILES string of the molecule is CC(NC(=O)C(C)(C)C)C(=O)NC(C)(C)C(C)(C)C(=O)O. The largest absolute Gasteiger partial charge is 0.481 e. The maximum atomic E-state index is 12.2. The van der Waals surface area contributed by atoms with Gasteiger partial charge in [-0.1, -0.05) is 20.8 Å². The summed E-state index contributed by atoms with van der Waals surface area (Å²) in [6.07, 6.45) is 0. The van der Waals surface area contributed by atoms with Crippen molar-refractivity contribution in [1.82, 2.24) is 10.6 Å². The predicted octanol–water partition coefficient (Wildman–Crippen LogP) is 1.54. The van der Waals surface area contributed by atoms with Crippen molar-refractivity contribution >= 4 is 17.8 Å². The van der Waals surface area contributed by atoms with Gasteiger partial charge in [-0.15, -0.1) is 0 Å². The summed E-state index contributed by atoms with van der Waals surface area (Å²) >= 11 is 0. The molecule has 6 heteroatoms. The number of aliphatic carboxylic acids is 1. The molecule has 3 N–H and O–H groups in total. The number of carbonyl (C=O) groups is 3. The van der Waals surface area contributed by atoms with Gasteiger partial charge in [0.25, 0.3) is 0 Å². The van der Waals surface area contributed by atoms with E-state index in [2.05, 4.69) is 10.6 Å². The van der Waals surface area contributed by atoms with Crippen LogP contribution >= 0.6 is 0 Å². The molecule has 0 aliphatic rings. The predicted molar refractivity (Wildman–Crippen MR) is 80.7 cm³/mol. The van der Waals surface area contributed by atoms with Crippen molar-refractivity contribution in [2.75, 3.05) is 0 Å². The van der Waals surface area contributed by atoms with Crippen molar-refractivity contribution in [2.24, 2.45) is 10.8 Å². The number of nitrogens with one attached hydrogen (secondary N) is 2. The average Bonchev–Trinajstić information content (AvgIpc) is 2.26. The highest BCUT2D eigenvalue weighted by Crippen LogP contribution is 2.30. The van der Waals surface area contributed by atoms with Crippen molar-refractivity contribution in [3.05, 3.63) is 0 Å². The topological polar surface area (TPSA) is 95.5 Å². The molecule has 1 atom stereocenters. The monoisotopic (exact) mass is 300 g/mol. The Labute approximate surface area is 126 Å². The van der Waals surface area contributed by atoms with E-state index in [1.807, 2.05) is 0 Å². The summed E-state index contributed by atoms with van der Waals surface area (Å²) in [7, 11) is 0. The van der Waals surface area contributed by atoms with Crippen LogP contribution in [0.5, 0.6) is 0 Å². The van der Waals surface area contributed by atoms with Crippen molar-refractivity contribution in [3.63, 3.8) is 0 Å². The molecule has 0 aliphatic heterocycles. The minimum atomic E-state index is -1.14. The first-order chi connectivity index (χ1) is 9.13. The van der Waals surface area contributed by atoms with Crippen LogP contribution in [-0.4, -0.2) is 34.5 Å². The van der Waals surface area contributed by atoms with E-state index in [0.29, 0.717) is 0 Å². The third kappa shape index (κ3) is 4.72. The summed E-state index contributed by atoms with van der Waals surface area (Å²) in [5, 5.41) is 14.6. The highest BCUT2D eigenvalue weighted by atomic mass is 16.4. The summed E-state index contributed by atoms with van der Waals surface area (Å²) < 4.78 is 0. The fourth-order valence-electron chi connectivity index (χ4n) is 1.32. The fourth-order valence-corrected chi connectivity index (χ4v) is 1.32. The van der Waals surface area contributed by atoms with E-state index >= 15 is 0 Å². The van der Waals surface area contributed by atoms with E-state index in [-0.39, 0.29) is 5.91 Å². The van der Waals surface area contributed by atoms with Gasteiger partial charge < -0.3 is 15.7 Å². The lowest BCUT2D eigenvalue weighted by Gasteiger charge is -2.39. The molecule has 21 heavy (non-hydrogen) atoms. The number of hydrogen-bond donors (Lipinski definition) is 3. The van der Waals surface area contributed by atoms with E-state index in [1.165, 1.54) is 0 Å². The first-order valence-corrected chi connectivity index (χ1v) is 6.99. The molecule has 0 saturated heterocycles. The van der Waals surface area contributed by atoms with Gasteiger partial charge in [-0.05, 0) is 34.6 Å². The molecule has 1 unspecified atom stereocenters. The highest BCUT2D eigenvalue weighted by molar-refractivity contribution is 5.90. The second-order valence-electron chi connectivity index (χ2n) is 7.49. The Balaban J connectivity index is 4.91. The normalized spacial score (nSPS) is 14.3. The summed E-state index contributed by atoms with van der Waals surface area (Å²) in [6, 6.07) is -0.736. The van der Waals surface area contributed by atoms with Gasteiger partial charge in [-0.2, -0.15) is 0 Å². The quantitative estimate of drug-likeness (QED) is 0.717. The molecule has 0 heterocycles. The van der Waals surface area contributed by atoms with E-state index < -0.39 is 34.3 Å². The number of carbonyl (C=O) groups excluding carboxylic acids is 2. The van der Waals surface area contributed by atoms with Crippen LogP contribution in [0.25, 0.3) is 0 Å². The summed E-state index contributed by atoms with van der Waals surface area (Å²) in [4.78, 5) is 35.3. The van der Waals surface area contributed by atoms with Gasteiger partial charge in [0, 0.05) is 5.41 Å². The minimum Gasteiger partial charge on any atom is -0.481 e. The van der Waals surface area contributed by atoms with Gasteiger partial charge >= 0.3 is 5.97 Å². The van der Waals surface area contributed by atoms with Crippen molar-refractivity contribution < 1.29 is 19.5 Å². The number of carboxylic acids is 1. The van der Waals surface area contributed by atoms with Crippen molar-refractivity contribution in [2.45, 2.75) is 67.0 Å². The molecular formula is C15H28N2O4. The van der Waals surface area contributed by atoms with Crippen LogP contribution in [0.15, 0.2) is 0 Å². The molecule has 0 bridgehead atoms. The molecule has 0 aromatic rings. The fraction of sp³-hybridized carbons (Fsp3) is 0.800.